The van der Waals surface area contributed by atoms with E-state index in [-0.39, 0.29) is 34.0 Å². The first-order valence-electron chi connectivity index (χ1n) is 12.5. The molecule has 6 nitrogen and oxygen atoms in total. The highest BCUT2D eigenvalue weighted by Gasteiger charge is 2.43. The van der Waals surface area contributed by atoms with E-state index >= 15 is 4.39 Å². The number of rotatable bonds is 7. The smallest absolute Gasteiger partial charge is 0.249 e. The molecule has 1 saturated carbocycles. The summed E-state index contributed by atoms with van der Waals surface area (Å²) in [6.45, 7) is 0.507. The van der Waals surface area contributed by atoms with Crippen molar-refractivity contribution in [3.8, 4) is 22.6 Å². The monoisotopic (exact) mass is 524 g/mol. The fraction of sp³-hybridized carbons (Fsp3) is 0.345. The summed E-state index contributed by atoms with van der Waals surface area (Å²) in [5.41, 5.74) is 6.94. The number of carbonyl (C=O) groups is 1. The zero-order valence-electron chi connectivity index (χ0n) is 20.6. The van der Waals surface area contributed by atoms with Crippen LogP contribution in [0.1, 0.15) is 47.2 Å². The van der Waals surface area contributed by atoms with Gasteiger partial charge in [0.1, 0.15) is 5.75 Å². The lowest BCUT2D eigenvalue weighted by atomic mass is 9.84. The van der Waals surface area contributed by atoms with Crippen molar-refractivity contribution < 1.29 is 23.8 Å². The maximum absolute atomic E-state index is 15.7. The van der Waals surface area contributed by atoms with Crippen LogP contribution < -0.4 is 20.5 Å². The van der Waals surface area contributed by atoms with Crippen molar-refractivity contribution in [2.75, 3.05) is 13.7 Å². The number of methoxy groups -OCH3 is 1. The number of hydrogen-bond donors (Lipinski definition) is 3. The summed E-state index contributed by atoms with van der Waals surface area (Å²) < 4.78 is 27.6. The molecule has 1 aliphatic heterocycles. The number of primary amides is 1. The van der Waals surface area contributed by atoms with Gasteiger partial charge in [0.15, 0.2) is 17.2 Å². The van der Waals surface area contributed by atoms with E-state index in [1.54, 1.807) is 12.1 Å². The van der Waals surface area contributed by atoms with Gasteiger partial charge in [0.05, 0.1) is 18.8 Å². The fourth-order valence-corrected chi connectivity index (χ4v) is 5.80. The molecule has 0 radical (unpaired) electrons. The normalized spacial score (nSPS) is 22.8. The summed E-state index contributed by atoms with van der Waals surface area (Å²) in [5.74, 6) is -0.908. The van der Waals surface area contributed by atoms with E-state index in [1.165, 1.54) is 19.2 Å². The Morgan fingerprint density at radius 2 is 1.86 bits per heavy atom. The van der Waals surface area contributed by atoms with Gasteiger partial charge >= 0.3 is 0 Å². The minimum Gasteiger partial charge on any atom is -0.494 e. The minimum atomic E-state index is -0.776. The molecule has 0 unspecified atom stereocenters. The van der Waals surface area contributed by atoms with Crippen LogP contribution in [0.5, 0.6) is 11.5 Å². The Kier molecular flexibility index (Phi) is 7.12. The van der Waals surface area contributed by atoms with Crippen LogP contribution >= 0.6 is 11.6 Å². The van der Waals surface area contributed by atoms with E-state index in [1.807, 2.05) is 30.3 Å². The van der Waals surface area contributed by atoms with Gasteiger partial charge in [-0.3, -0.25) is 4.79 Å². The summed E-state index contributed by atoms with van der Waals surface area (Å²) in [4.78, 5) is 12.3. The molecule has 1 atom stereocenters. The highest BCUT2D eigenvalue weighted by molar-refractivity contribution is 6.34. The molecule has 3 aromatic rings. The Morgan fingerprint density at radius 3 is 2.54 bits per heavy atom. The predicted molar refractivity (Wildman–Crippen MR) is 141 cm³/mol. The molecule has 5 rings (SSSR count). The largest absolute Gasteiger partial charge is 0.494 e. The number of hydrogen-bond acceptors (Lipinski definition) is 5. The minimum absolute atomic E-state index is 0.00962. The fourth-order valence-electron chi connectivity index (χ4n) is 5.53. The first kappa shape index (κ1) is 25.5. The Hall–Kier alpha value is -3.13. The zero-order chi connectivity index (χ0) is 26.2. The lowest BCUT2D eigenvalue weighted by Gasteiger charge is -2.34. The van der Waals surface area contributed by atoms with Crippen LogP contribution in [0.3, 0.4) is 0 Å². The van der Waals surface area contributed by atoms with Crippen molar-refractivity contribution in [3.63, 3.8) is 0 Å². The average molecular weight is 525 g/mol. The number of ether oxygens (including phenoxy) is 2. The van der Waals surface area contributed by atoms with Crippen molar-refractivity contribution in [1.82, 2.24) is 5.32 Å². The van der Waals surface area contributed by atoms with Gasteiger partial charge in [-0.25, -0.2) is 4.39 Å². The molecular weight excluding hydrogens is 495 g/mol. The van der Waals surface area contributed by atoms with Gasteiger partial charge in [0, 0.05) is 40.7 Å². The van der Waals surface area contributed by atoms with E-state index in [0.717, 1.165) is 31.2 Å². The second-order valence-electron chi connectivity index (χ2n) is 9.79. The summed E-state index contributed by atoms with van der Waals surface area (Å²) in [5, 5.41) is 13.8. The number of nitrogens with two attached hydrogens (primary N) is 1. The van der Waals surface area contributed by atoms with Gasteiger partial charge in [0.25, 0.3) is 0 Å². The van der Waals surface area contributed by atoms with Crippen LogP contribution in [0.2, 0.25) is 5.02 Å². The van der Waals surface area contributed by atoms with Gasteiger partial charge in [0.2, 0.25) is 5.91 Å². The molecule has 0 aromatic heterocycles. The SMILES string of the molecule is COc1ccc(C(N)=O)c(-c2c(Cl)ccc3c2C[C@@](CN[C@H]2CC[C@H](O)CC2)(c2ccccc2)O3)c1F. The second-order valence-corrected chi connectivity index (χ2v) is 10.2. The molecule has 4 N–H and O–H groups in total. The van der Waals surface area contributed by atoms with Gasteiger partial charge in [-0.15, -0.1) is 0 Å². The highest BCUT2D eigenvalue weighted by Crippen LogP contribution is 2.49. The molecule has 1 amide bonds. The second kappa shape index (κ2) is 10.3. The molecule has 0 spiro atoms. The van der Waals surface area contributed by atoms with E-state index in [0.29, 0.717) is 29.8 Å². The van der Waals surface area contributed by atoms with Gasteiger partial charge in [-0.1, -0.05) is 41.9 Å². The van der Waals surface area contributed by atoms with Crippen LogP contribution in [-0.4, -0.2) is 36.8 Å². The molecule has 8 heteroatoms. The Morgan fingerprint density at radius 1 is 1.14 bits per heavy atom. The van der Waals surface area contributed by atoms with Crippen molar-refractivity contribution in [2.45, 2.75) is 49.9 Å². The first-order chi connectivity index (χ1) is 17.8. The zero-order valence-corrected chi connectivity index (χ0v) is 21.4. The maximum Gasteiger partial charge on any atom is 0.249 e. The standard InChI is InChI=1S/C29H30ClFN2O4/c1-36-24-13-11-20(28(32)35)26(27(24)31)25-21-15-29(17-5-3-2-4-6-17,37-23(21)14-12-22(25)30)16-33-18-7-9-19(34)10-8-18/h2-6,11-14,18-19,33-34H,7-10,15-16H2,1H3,(H2,32,35)/t18-,19-,29-/m1/s1. The quantitative estimate of drug-likeness (QED) is 0.405. The van der Waals surface area contributed by atoms with Crippen molar-refractivity contribution in [1.29, 1.82) is 0 Å². The number of carbonyl (C=O) groups excluding carboxylic acids is 1. The van der Waals surface area contributed by atoms with Gasteiger partial charge in [-0.2, -0.15) is 0 Å². The van der Waals surface area contributed by atoms with Crippen LogP contribution in [0.4, 0.5) is 4.39 Å². The molecule has 1 heterocycles. The number of aliphatic hydroxyl groups excluding tert-OH is 1. The van der Waals surface area contributed by atoms with Crippen molar-refractivity contribution in [3.05, 3.63) is 82.1 Å². The Bertz CT molecular complexity index is 1310. The van der Waals surface area contributed by atoms with Crippen molar-refractivity contribution in [2.24, 2.45) is 5.73 Å². The summed E-state index contributed by atoms with van der Waals surface area (Å²) in [7, 11) is 1.36. The van der Waals surface area contributed by atoms with E-state index in [9.17, 15) is 9.90 Å². The number of fused-ring (bicyclic) bond motifs is 1. The molecule has 194 valence electrons. The number of amides is 1. The summed E-state index contributed by atoms with van der Waals surface area (Å²) in [6, 6.07) is 16.4. The van der Waals surface area contributed by atoms with E-state index < -0.39 is 17.3 Å². The summed E-state index contributed by atoms with van der Waals surface area (Å²) >= 11 is 6.68. The van der Waals surface area contributed by atoms with Crippen LogP contribution in [-0.2, 0) is 12.0 Å². The number of aliphatic hydroxyl groups is 1. The third kappa shape index (κ3) is 4.79. The van der Waals surface area contributed by atoms with Crippen LogP contribution in [0.25, 0.3) is 11.1 Å². The molecule has 0 saturated heterocycles. The molecule has 2 aliphatic rings. The van der Waals surface area contributed by atoms with Gasteiger partial charge in [-0.05, 0) is 55.5 Å². The molecule has 3 aromatic carbocycles. The third-order valence-electron chi connectivity index (χ3n) is 7.50. The maximum atomic E-state index is 15.7. The molecular formula is C29H30ClFN2O4. The van der Waals surface area contributed by atoms with E-state index in [4.69, 9.17) is 26.8 Å². The predicted octanol–water partition coefficient (Wildman–Crippen LogP) is 4.98. The van der Waals surface area contributed by atoms with Crippen LogP contribution in [0, 0.1) is 5.82 Å². The Balaban J connectivity index is 1.59. The average Bonchev–Trinajstić information content (AvgIpc) is 3.29. The topological polar surface area (TPSA) is 93.8 Å². The number of benzene rings is 3. The van der Waals surface area contributed by atoms with E-state index in [2.05, 4.69) is 5.32 Å². The summed E-state index contributed by atoms with van der Waals surface area (Å²) in [6.07, 6.45) is 3.46. The number of halogens is 2. The molecule has 37 heavy (non-hydrogen) atoms. The van der Waals surface area contributed by atoms with Crippen molar-refractivity contribution >= 4 is 17.5 Å². The molecule has 1 fully saturated rings. The third-order valence-corrected chi connectivity index (χ3v) is 7.82. The Labute approximate surface area is 220 Å². The van der Waals surface area contributed by atoms with Crippen LogP contribution in [0.15, 0.2) is 54.6 Å². The first-order valence-corrected chi connectivity index (χ1v) is 12.8. The molecule has 0 bridgehead atoms. The van der Waals surface area contributed by atoms with Gasteiger partial charge < -0.3 is 25.6 Å². The molecule has 1 aliphatic carbocycles. The lowest BCUT2D eigenvalue weighted by Crippen LogP contribution is -2.46. The lowest BCUT2D eigenvalue weighted by molar-refractivity contribution is 0.0762. The highest BCUT2D eigenvalue weighted by atomic mass is 35.5. The number of nitrogens with one attached hydrogen (secondary N) is 1.